The predicted octanol–water partition coefficient (Wildman–Crippen LogP) is 3.41. The van der Waals surface area contributed by atoms with Gasteiger partial charge in [0.05, 0.1) is 6.61 Å². The summed E-state index contributed by atoms with van der Waals surface area (Å²) in [5.41, 5.74) is 0.592. The van der Waals surface area contributed by atoms with Crippen LogP contribution in [-0.2, 0) is 14.3 Å². The van der Waals surface area contributed by atoms with E-state index in [1.165, 1.54) is 0 Å². The minimum atomic E-state index is -0.623. The summed E-state index contributed by atoms with van der Waals surface area (Å²) in [6.45, 7) is 1.81. The number of ether oxygens (including phenoxy) is 3. The number of carbonyl (C=O) groups is 2. The summed E-state index contributed by atoms with van der Waals surface area (Å²) in [7, 11) is 0. The van der Waals surface area contributed by atoms with E-state index in [-0.39, 0.29) is 13.2 Å². The normalized spacial score (nSPS) is 10.0. The highest BCUT2D eigenvalue weighted by molar-refractivity contribution is 9.10. The van der Waals surface area contributed by atoms with Crippen LogP contribution in [0.25, 0.3) is 0 Å². The first-order chi connectivity index (χ1) is 12.1. The van der Waals surface area contributed by atoms with Gasteiger partial charge in [0.15, 0.2) is 13.2 Å². The molecule has 0 aliphatic carbocycles. The van der Waals surface area contributed by atoms with E-state index in [0.29, 0.717) is 18.0 Å². The summed E-state index contributed by atoms with van der Waals surface area (Å²) < 4.78 is 16.3. The molecule has 7 heteroatoms. The molecule has 0 saturated carbocycles. The van der Waals surface area contributed by atoms with Crippen LogP contribution in [0.2, 0.25) is 0 Å². The number of nitrogens with one attached hydrogen (secondary N) is 1. The second-order valence-electron chi connectivity index (χ2n) is 4.91. The van der Waals surface area contributed by atoms with E-state index in [0.717, 1.165) is 10.2 Å². The molecule has 0 radical (unpaired) electrons. The number of hydrogen-bond donors (Lipinski definition) is 1. The zero-order chi connectivity index (χ0) is 18.1. The number of esters is 1. The maximum atomic E-state index is 11.8. The molecule has 0 aliphatic rings. The maximum Gasteiger partial charge on any atom is 0.344 e. The predicted molar refractivity (Wildman–Crippen MR) is 96.8 cm³/mol. The Morgan fingerprint density at radius 3 is 2.44 bits per heavy atom. The topological polar surface area (TPSA) is 73.9 Å². The SMILES string of the molecule is CCOc1ccc(NC(=O)COC(=O)COc2cccc(Br)c2)cc1. The molecule has 0 spiro atoms. The zero-order valence-corrected chi connectivity index (χ0v) is 15.2. The Morgan fingerprint density at radius 2 is 1.76 bits per heavy atom. The van der Waals surface area contributed by atoms with Crippen LogP contribution < -0.4 is 14.8 Å². The molecule has 2 aromatic carbocycles. The molecular formula is C18H18BrNO5. The number of carbonyl (C=O) groups excluding carboxylic acids is 2. The fourth-order valence-electron chi connectivity index (χ4n) is 1.88. The van der Waals surface area contributed by atoms with Gasteiger partial charge in [0, 0.05) is 10.2 Å². The van der Waals surface area contributed by atoms with Crippen LogP contribution in [0.1, 0.15) is 6.92 Å². The van der Waals surface area contributed by atoms with Crippen molar-refractivity contribution in [3.05, 3.63) is 53.0 Å². The van der Waals surface area contributed by atoms with Crippen molar-refractivity contribution < 1.29 is 23.8 Å². The highest BCUT2D eigenvalue weighted by Gasteiger charge is 2.09. The van der Waals surface area contributed by atoms with Gasteiger partial charge in [-0.1, -0.05) is 22.0 Å². The number of hydrogen-bond acceptors (Lipinski definition) is 5. The summed E-state index contributed by atoms with van der Waals surface area (Å²) in [4.78, 5) is 23.4. The molecule has 0 fully saturated rings. The number of rotatable bonds is 8. The third-order valence-corrected chi connectivity index (χ3v) is 3.46. The summed E-state index contributed by atoms with van der Waals surface area (Å²) in [5, 5.41) is 2.63. The van der Waals surface area contributed by atoms with Crippen molar-refractivity contribution in [1.82, 2.24) is 0 Å². The molecule has 2 aromatic rings. The van der Waals surface area contributed by atoms with Crippen LogP contribution in [0.4, 0.5) is 5.69 Å². The molecule has 1 N–H and O–H groups in total. The molecule has 0 unspecified atom stereocenters. The molecule has 0 aromatic heterocycles. The second kappa shape index (κ2) is 9.68. The van der Waals surface area contributed by atoms with E-state index in [4.69, 9.17) is 14.2 Å². The monoisotopic (exact) mass is 407 g/mol. The Morgan fingerprint density at radius 1 is 1.00 bits per heavy atom. The van der Waals surface area contributed by atoms with E-state index in [1.54, 1.807) is 42.5 Å². The van der Waals surface area contributed by atoms with Crippen LogP contribution >= 0.6 is 15.9 Å². The lowest BCUT2D eigenvalue weighted by Crippen LogP contribution is -2.23. The van der Waals surface area contributed by atoms with Crippen molar-refractivity contribution in [3.8, 4) is 11.5 Å². The van der Waals surface area contributed by atoms with Gasteiger partial charge in [0.25, 0.3) is 5.91 Å². The standard InChI is InChI=1S/C18H18BrNO5/c1-2-23-15-8-6-14(7-9-15)20-17(21)11-25-18(22)12-24-16-5-3-4-13(19)10-16/h3-10H,2,11-12H2,1H3,(H,20,21). The quantitative estimate of drug-likeness (QED) is 0.678. The highest BCUT2D eigenvalue weighted by Crippen LogP contribution is 2.17. The molecule has 0 atom stereocenters. The average Bonchev–Trinajstić information content (AvgIpc) is 2.60. The van der Waals surface area contributed by atoms with Crippen molar-refractivity contribution >= 4 is 33.5 Å². The van der Waals surface area contributed by atoms with E-state index >= 15 is 0 Å². The minimum Gasteiger partial charge on any atom is -0.494 e. The Hall–Kier alpha value is -2.54. The largest absolute Gasteiger partial charge is 0.494 e. The first-order valence-electron chi connectivity index (χ1n) is 7.63. The van der Waals surface area contributed by atoms with Gasteiger partial charge in [-0.3, -0.25) is 4.79 Å². The molecule has 1 amide bonds. The van der Waals surface area contributed by atoms with Gasteiger partial charge >= 0.3 is 5.97 Å². The third kappa shape index (κ3) is 6.84. The Balaban J connectivity index is 1.71. The van der Waals surface area contributed by atoms with E-state index in [2.05, 4.69) is 21.2 Å². The van der Waals surface area contributed by atoms with Gasteiger partial charge in [-0.05, 0) is 49.4 Å². The number of benzene rings is 2. The van der Waals surface area contributed by atoms with Gasteiger partial charge in [-0.25, -0.2) is 4.79 Å². The van der Waals surface area contributed by atoms with E-state index in [9.17, 15) is 9.59 Å². The molecule has 0 aliphatic heterocycles. The van der Waals surface area contributed by atoms with Crippen molar-refractivity contribution in [2.24, 2.45) is 0 Å². The number of amides is 1. The third-order valence-electron chi connectivity index (χ3n) is 2.97. The van der Waals surface area contributed by atoms with Crippen molar-refractivity contribution in [2.45, 2.75) is 6.92 Å². The zero-order valence-electron chi connectivity index (χ0n) is 13.7. The Bertz CT molecular complexity index is 718. The summed E-state index contributed by atoms with van der Waals surface area (Å²) in [6.07, 6.45) is 0. The molecule has 0 bridgehead atoms. The molecular weight excluding hydrogens is 390 g/mol. The van der Waals surface area contributed by atoms with Gasteiger partial charge in [-0.2, -0.15) is 0 Å². The van der Waals surface area contributed by atoms with Crippen LogP contribution in [0.15, 0.2) is 53.0 Å². The lowest BCUT2D eigenvalue weighted by molar-refractivity contribution is -0.149. The number of halogens is 1. The number of anilines is 1. The molecule has 6 nitrogen and oxygen atoms in total. The van der Waals surface area contributed by atoms with E-state index < -0.39 is 11.9 Å². The average molecular weight is 408 g/mol. The van der Waals surface area contributed by atoms with Gasteiger partial charge in [0.1, 0.15) is 11.5 Å². The fourth-order valence-corrected chi connectivity index (χ4v) is 2.26. The Kier molecular flexibility index (Phi) is 7.28. The summed E-state index contributed by atoms with van der Waals surface area (Å²) >= 11 is 3.31. The first-order valence-corrected chi connectivity index (χ1v) is 8.43. The smallest absolute Gasteiger partial charge is 0.344 e. The van der Waals surface area contributed by atoms with Crippen molar-refractivity contribution in [3.63, 3.8) is 0 Å². The minimum absolute atomic E-state index is 0.271. The lowest BCUT2D eigenvalue weighted by atomic mass is 10.3. The van der Waals surface area contributed by atoms with Crippen LogP contribution in [0.3, 0.4) is 0 Å². The molecule has 25 heavy (non-hydrogen) atoms. The van der Waals surface area contributed by atoms with Gasteiger partial charge in [0.2, 0.25) is 0 Å². The second-order valence-corrected chi connectivity index (χ2v) is 5.83. The van der Waals surface area contributed by atoms with Gasteiger partial charge < -0.3 is 19.5 Å². The molecule has 2 rings (SSSR count). The fraction of sp³-hybridized carbons (Fsp3) is 0.222. The Labute approximate surface area is 154 Å². The molecule has 132 valence electrons. The molecule has 0 heterocycles. The molecule has 0 saturated heterocycles. The summed E-state index contributed by atoms with van der Waals surface area (Å²) in [5.74, 6) is 0.198. The highest BCUT2D eigenvalue weighted by atomic mass is 79.9. The summed E-state index contributed by atoms with van der Waals surface area (Å²) in [6, 6.07) is 14.0. The van der Waals surface area contributed by atoms with Crippen molar-refractivity contribution in [2.75, 3.05) is 25.1 Å². The van der Waals surface area contributed by atoms with Crippen molar-refractivity contribution in [1.29, 1.82) is 0 Å². The first kappa shape index (κ1) is 18.8. The van der Waals surface area contributed by atoms with Crippen LogP contribution in [0.5, 0.6) is 11.5 Å². The van der Waals surface area contributed by atoms with Crippen LogP contribution in [0, 0.1) is 0 Å². The van der Waals surface area contributed by atoms with Crippen LogP contribution in [-0.4, -0.2) is 31.7 Å². The maximum absolute atomic E-state index is 11.8. The lowest BCUT2D eigenvalue weighted by Gasteiger charge is -2.09. The van der Waals surface area contributed by atoms with E-state index in [1.807, 2.05) is 13.0 Å². The van der Waals surface area contributed by atoms with Gasteiger partial charge in [-0.15, -0.1) is 0 Å².